The number of fused-ring (bicyclic) bond motifs is 1. The van der Waals surface area contributed by atoms with Crippen LogP contribution in [0.5, 0.6) is 5.75 Å². The van der Waals surface area contributed by atoms with Crippen LogP contribution in [0.1, 0.15) is 12.0 Å². The summed E-state index contributed by atoms with van der Waals surface area (Å²) in [6.45, 7) is 0.373. The summed E-state index contributed by atoms with van der Waals surface area (Å²) in [6, 6.07) is 5.10. The van der Waals surface area contributed by atoms with Gasteiger partial charge in [-0.2, -0.15) is 0 Å². The largest absolute Gasteiger partial charge is 0.508 e. The van der Waals surface area contributed by atoms with Crippen LogP contribution in [0.25, 0.3) is 0 Å². The molecule has 0 saturated heterocycles. The molecule has 0 radical (unpaired) electrons. The van der Waals surface area contributed by atoms with Gasteiger partial charge < -0.3 is 10.4 Å². The minimum atomic E-state index is -0.783. The van der Waals surface area contributed by atoms with Gasteiger partial charge in [0.1, 0.15) is 11.9 Å². The lowest BCUT2D eigenvalue weighted by molar-refractivity contribution is 0.333. The van der Waals surface area contributed by atoms with Crippen molar-refractivity contribution in [2.45, 2.75) is 19.0 Å². The Labute approximate surface area is 76.4 Å². The second-order valence-corrected chi connectivity index (χ2v) is 3.36. The Kier molecular flexibility index (Phi) is 2.08. The Bertz CT molecular complexity index is 314. The van der Waals surface area contributed by atoms with E-state index in [4.69, 9.17) is 0 Å². The molecule has 1 aliphatic heterocycles. The smallest absolute Gasteiger partial charge is 0.118 e. The summed E-state index contributed by atoms with van der Waals surface area (Å²) in [5, 5.41) is 12.2. The summed E-state index contributed by atoms with van der Waals surface area (Å²) in [6.07, 6.45) is 0.441. The first-order chi connectivity index (χ1) is 6.25. The van der Waals surface area contributed by atoms with Gasteiger partial charge in [-0.05, 0) is 36.6 Å². The fourth-order valence-corrected chi connectivity index (χ4v) is 1.59. The minimum absolute atomic E-state index is 0.248. The van der Waals surface area contributed by atoms with Crippen molar-refractivity contribution in [3.63, 3.8) is 0 Å². The molecular weight excluding hydrogens is 169 g/mol. The van der Waals surface area contributed by atoms with Crippen molar-refractivity contribution < 1.29 is 9.50 Å². The van der Waals surface area contributed by atoms with E-state index in [1.807, 2.05) is 0 Å². The Morgan fingerprint density at radius 1 is 1.46 bits per heavy atom. The van der Waals surface area contributed by atoms with Gasteiger partial charge in [0.15, 0.2) is 0 Å². The van der Waals surface area contributed by atoms with Gasteiger partial charge in [-0.25, -0.2) is 4.39 Å². The Balaban J connectivity index is 2.30. The van der Waals surface area contributed by atoms with Crippen LogP contribution in [0.15, 0.2) is 18.2 Å². The number of hydrogen-bond acceptors (Lipinski definition) is 2. The monoisotopic (exact) mass is 181 g/mol. The number of aromatic hydroxyl groups is 1. The Hall–Kier alpha value is -1.25. The maximum atomic E-state index is 13.0. The third-order valence-electron chi connectivity index (χ3n) is 2.33. The average molecular weight is 181 g/mol. The first kappa shape index (κ1) is 8.35. The fourth-order valence-electron chi connectivity index (χ4n) is 1.59. The topological polar surface area (TPSA) is 32.3 Å². The summed E-state index contributed by atoms with van der Waals surface area (Å²) in [7, 11) is 0. The van der Waals surface area contributed by atoms with Crippen molar-refractivity contribution in [1.29, 1.82) is 0 Å². The molecule has 0 aliphatic carbocycles. The number of aryl methyl sites for hydroxylation is 1. The third kappa shape index (κ3) is 1.74. The lowest BCUT2D eigenvalue weighted by atomic mass is 10.1. The number of hydrogen-bond donors (Lipinski definition) is 2. The lowest BCUT2D eigenvalue weighted by Gasteiger charge is -2.06. The number of rotatable bonds is 0. The van der Waals surface area contributed by atoms with Gasteiger partial charge >= 0.3 is 0 Å². The summed E-state index contributed by atoms with van der Waals surface area (Å²) >= 11 is 0. The van der Waals surface area contributed by atoms with Crippen LogP contribution in [0.4, 0.5) is 10.1 Å². The van der Waals surface area contributed by atoms with Gasteiger partial charge in [0.25, 0.3) is 0 Å². The SMILES string of the molecule is Oc1ccc2c(c1)CCC(F)CN2. The number of nitrogens with one attached hydrogen (secondary N) is 1. The van der Waals surface area contributed by atoms with Gasteiger partial charge in [-0.3, -0.25) is 0 Å². The number of phenols is 1. The van der Waals surface area contributed by atoms with Crippen molar-refractivity contribution in [1.82, 2.24) is 0 Å². The van der Waals surface area contributed by atoms with E-state index < -0.39 is 6.17 Å². The van der Waals surface area contributed by atoms with Gasteiger partial charge in [0.2, 0.25) is 0 Å². The number of phenolic OH excluding ortho intramolecular Hbond substituents is 1. The second kappa shape index (κ2) is 3.24. The molecule has 0 aromatic heterocycles. The van der Waals surface area contributed by atoms with E-state index in [1.54, 1.807) is 18.2 Å². The van der Waals surface area contributed by atoms with Crippen LogP contribution in [0.2, 0.25) is 0 Å². The zero-order valence-corrected chi connectivity index (χ0v) is 7.26. The molecule has 2 N–H and O–H groups in total. The predicted octanol–water partition coefficient (Wildman–Crippen LogP) is 2.09. The summed E-state index contributed by atoms with van der Waals surface area (Å²) in [5.41, 5.74) is 1.94. The van der Waals surface area contributed by atoms with E-state index in [-0.39, 0.29) is 5.75 Å². The highest BCUT2D eigenvalue weighted by Crippen LogP contribution is 2.25. The lowest BCUT2D eigenvalue weighted by Crippen LogP contribution is -2.12. The molecule has 70 valence electrons. The van der Waals surface area contributed by atoms with E-state index in [0.29, 0.717) is 19.4 Å². The highest BCUT2D eigenvalue weighted by Gasteiger charge is 2.14. The normalized spacial score (nSPS) is 21.5. The highest BCUT2D eigenvalue weighted by molar-refractivity contribution is 5.54. The molecule has 1 aromatic carbocycles. The standard InChI is InChI=1S/C10H12FNO/c11-8-2-1-7-5-9(13)3-4-10(7)12-6-8/h3-5,8,12-13H,1-2,6H2. The molecule has 2 nitrogen and oxygen atoms in total. The predicted molar refractivity (Wildman–Crippen MR) is 49.8 cm³/mol. The van der Waals surface area contributed by atoms with Gasteiger partial charge in [0, 0.05) is 12.2 Å². The molecule has 1 aromatic rings. The summed E-state index contributed by atoms with van der Waals surface area (Å²) < 4.78 is 13.0. The zero-order valence-electron chi connectivity index (χ0n) is 7.26. The van der Waals surface area contributed by atoms with E-state index >= 15 is 0 Å². The van der Waals surface area contributed by atoms with Crippen molar-refractivity contribution in [3.05, 3.63) is 23.8 Å². The molecule has 3 heteroatoms. The second-order valence-electron chi connectivity index (χ2n) is 3.36. The van der Waals surface area contributed by atoms with Gasteiger partial charge in [0.05, 0.1) is 0 Å². The molecular formula is C10H12FNO. The summed E-state index contributed by atoms with van der Waals surface area (Å²) in [5.74, 6) is 0.248. The molecule has 0 spiro atoms. The minimum Gasteiger partial charge on any atom is -0.508 e. The molecule has 1 aliphatic rings. The maximum Gasteiger partial charge on any atom is 0.118 e. The molecule has 0 fully saturated rings. The Morgan fingerprint density at radius 3 is 3.15 bits per heavy atom. The van der Waals surface area contributed by atoms with E-state index in [1.165, 1.54) is 0 Å². The number of benzene rings is 1. The number of alkyl halides is 1. The van der Waals surface area contributed by atoms with Crippen LogP contribution < -0.4 is 5.32 Å². The first-order valence-electron chi connectivity index (χ1n) is 4.45. The number of halogens is 1. The Morgan fingerprint density at radius 2 is 2.31 bits per heavy atom. The molecule has 0 amide bonds. The van der Waals surface area contributed by atoms with Crippen LogP contribution in [-0.2, 0) is 6.42 Å². The first-order valence-corrected chi connectivity index (χ1v) is 4.45. The van der Waals surface area contributed by atoms with Crippen LogP contribution in [-0.4, -0.2) is 17.8 Å². The molecule has 1 unspecified atom stereocenters. The van der Waals surface area contributed by atoms with Crippen molar-refractivity contribution >= 4 is 5.69 Å². The van der Waals surface area contributed by atoms with Gasteiger partial charge in [-0.1, -0.05) is 0 Å². The van der Waals surface area contributed by atoms with Crippen molar-refractivity contribution in [2.24, 2.45) is 0 Å². The average Bonchev–Trinajstić information content (AvgIpc) is 2.29. The van der Waals surface area contributed by atoms with Crippen LogP contribution in [0.3, 0.4) is 0 Å². The highest BCUT2D eigenvalue weighted by atomic mass is 19.1. The number of anilines is 1. The van der Waals surface area contributed by atoms with Crippen molar-refractivity contribution in [2.75, 3.05) is 11.9 Å². The molecule has 13 heavy (non-hydrogen) atoms. The van der Waals surface area contributed by atoms with Gasteiger partial charge in [-0.15, -0.1) is 0 Å². The van der Waals surface area contributed by atoms with E-state index in [2.05, 4.69) is 5.32 Å². The summed E-state index contributed by atoms with van der Waals surface area (Å²) in [4.78, 5) is 0. The van der Waals surface area contributed by atoms with Crippen LogP contribution in [0, 0.1) is 0 Å². The fraction of sp³-hybridized carbons (Fsp3) is 0.400. The molecule has 0 saturated carbocycles. The third-order valence-corrected chi connectivity index (χ3v) is 2.33. The quantitative estimate of drug-likeness (QED) is 0.601. The zero-order chi connectivity index (χ0) is 9.26. The molecule has 1 heterocycles. The molecule has 2 rings (SSSR count). The molecule has 0 bridgehead atoms. The van der Waals surface area contributed by atoms with Crippen LogP contribution >= 0.6 is 0 Å². The maximum absolute atomic E-state index is 13.0. The molecule has 1 atom stereocenters. The van der Waals surface area contributed by atoms with E-state index in [9.17, 15) is 9.50 Å². The van der Waals surface area contributed by atoms with Crippen molar-refractivity contribution in [3.8, 4) is 5.75 Å². The van der Waals surface area contributed by atoms with E-state index in [0.717, 1.165) is 11.3 Å².